The second kappa shape index (κ2) is 5.24. The van der Waals surface area contributed by atoms with Crippen molar-refractivity contribution in [1.29, 1.82) is 0 Å². The number of likely N-dealkylation sites (N-methyl/N-ethyl adjacent to an activating group) is 1. The van der Waals surface area contributed by atoms with Gasteiger partial charge >= 0.3 is 12.0 Å². The predicted molar refractivity (Wildman–Crippen MR) is 75.6 cm³/mol. The number of hydrogen-bond donors (Lipinski definition) is 2. The third-order valence-electron chi connectivity index (χ3n) is 5.08. The lowest BCUT2D eigenvalue weighted by atomic mass is 9.75. The van der Waals surface area contributed by atoms with Crippen LogP contribution in [0.15, 0.2) is 0 Å². The summed E-state index contributed by atoms with van der Waals surface area (Å²) in [5, 5.41) is 12.2. The van der Waals surface area contributed by atoms with Gasteiger partial charge in [0.1, 0.15) is 0 Å². The Hall–Kier alpha value is -1.30. The molecule has 2 fully saturated rings. The van der Waals surface area contributed by atoms with Crippen LogP contribution in [0.3, 0.4) is 0 Å². The minimum Gasteiger partial charge on any atom is -0.481 e. The summed E-state index contributed by atoms with van der Waals surface area (Å²) in [5.74, 6) is -0.823. The number of hydrogen-bond acceptors (Lipinski definition) is 3. The van der Waals surface area contributed by atoms with Crippen LogP contribution in [0.25, 0.3) is 0 Å². The molecular weight excluding hydrogens is 258 g/mol. The van der Waals surface area contributed by atoms with Gasteiger partial charge in [-0.3, -0.25) is 4.79 Å². The van der Waals surface area contributed by atoms with Crippen molar-refractivity contribution in [2.45, 2.75) is 38.1 Å². The van der Waals surface area contributed by atoms with Gasteiger partial charge in [-0.2, -0.15) is 0 Å². The molecule has 6 heteroatoms. The van der Waals surface area contributed by atoms with E-state index in [1.54, 1.807) is 11.8 Å². The zero-order valence-corrected chi connectivity index (χ0v) is 12.6. The van der Waals surface area contributed by atoms with Gasteiger partial charge in [-0.15, -0.1) is 0 Å². The molecule has 1 heterocycles. The zero-order valence-electron chi connectivity index (χ0n) is 12.6. The molecule has 1 aliphatic heterocycles. The molecular formula is C14H25N3O3. The number of carboxylic acids is 1. The van der Waals surface area contributed by atoms with Crippen LogP contribution in [0.1, 0.15) is 32.6 Å². The summed E-state index contributed by atoms with van der Waals surface area (Å²) in [5.41, 5.74) is -0.710. The predicted octanol–water partition coefficient (Wildman–Crippen LogP) is 0.977. The van der Waals surface area contributed by atoms with E-state index in [-0.39, 0.29) is 11.6 Å². The minimum absolute atomic E-state index is 0.0888. The summed E-state index contributed by atoms with van der Waals surface area (Å²) < 4.78 is 0. The minimum atomic E-state index is -0.823. The van der Waals surface area contributed by atoms with Gasteiger partial charge in [-0.1, -0.05) is 0 Å². The van der Waals surface area contributed by atoms with Crippen LogP contribution < -0.4 is 5.32 Å². The van der Waals surface area contributed by atoms with E-state index < -0.39 is 11.4 Å². The number of amides is 2. The molecule has 2 amide bonds. The van der Waals surface area contributed by atoms with Crippen LogP contribution >= 0.6 is 0 Å². The highest BCUT2D eigenvalue weighted by Crippen LogP contribution is 2.35. The van der Waals surface area contributed by atoms with E-state index in [2.05, 4.69) is 10.2 Å². The zero-order chi connectivity index (χ0) is 15.0. The second-order valence-corrected chi connectivity index (χ2v) is 6.67. The third-order valence-corrected chi connectivity index (χ3v) is 5.08. The number of urea groups is 1. The molecule has 2 rings (SSSR count). The number of rotatable bonds is 4. The average Bonchev–Trinajstić information content (AvgIpc) is 2.71. The van der Waals surface area contributed by atoms with Crippen LogP contribution in [-0.2, 0) is 4.79 Å². The molecule has 0 spiro atoms. The Morgan fingerprint density at radius 3 is 2.35 bits per heavy atom. The van der Waals surface area contributed by atoms with E-state index in [0.717, 1.165) is 12.8 Å². The molecule has 1 saturated heterocycles. The Morgan fingerprint density at radius 2 is 1.95 bits per heavy atom. The second-order valence-electron chi connectivity index (χ2n) is 6.67. The van der Waals surface area contributed by atoms with Gasteiger partial charge in [0, 0.05) is 25.2 Å². The van der Waals surface area contributed by atoms with Gasteiger partial charge in [0.15, 0.2) is 0 Å². The van der Waals surface area contributed by atoms with Crippen molar-refractivity contribution in [3.63, 3.8) is 0 Å². The number of carboxylic acid groups (broad SMARTS) is 1. The Morgan fingerprint density at radius 1 is 1.30 bits per heavy atom. The molecule has 1 unspecified atom stereocenters. The van der Waals surface area contributed by atoms with Gasteiger partial charge in [0.2, 0.25) is 0 Å². The van der Waals surface area contributed by atoms with Crippen LogP contribution in [0.2, 0.25) is 0 Å². The lowest BCUT2D eigenvalue weighted by molar-refractivity contribution is -0.147. The van der Waals surface area contributed by atoms with E-state index in [1.807, 2.05) is 14.1 Å². The first-order valence-corrected chi connectivity index (χ1v) is 7.23. The maximum Gasteiger partial charge on any atom is 0.317 e. The first-order valence-electron chi connectivity index (χ1n) is 7.23. The Kier molecular flexibility index (Phi) is 3.95. The average molecular weight is 283 g/mol. The number of aliphatic carboxylic acids is 1. The summed E-state index contributed by atoms with van der Waals surface area (Å²) in [6.07, 6.45) is 3.93. The van der Waals surface area contributed by atoms with Gasteiger partial charge in [0.05, 0.1) is 5.41 Å². The van der Waals surface area contributed by atoms with Crippen LogP contribution in [0.4, 0.5) is 4.79 Å². The Labute approximate surface area is 120 Å². The van der Waals surface area contributed by atoms with Gasteiger partial charge in [-0.05, 0) is 46.7 Å². The maximum absolute atomic E-state index is 12.2. The molecule has 1 aliphatic carbocycles. The van der Waals surface area contributed by atoms with Crippen LogP contribution in [0, 0.1) is 5.41 Å². The molecule has 1 atom stereocenters. The van der Waals surface area contributed by atoms with Crippen molar-refractivity contribution in [1.82, 2.24) is 15.1 Å². The van der Waals surface area contributed by atoms with Gasteiger partial charge in [-0.25, -0.2) is 4.79 Å². The first-order chi connectivity index (χ1) is 9.29. The molecule has 0 radical (unpaired) electrons. The highest BCUT2D eigenvalue weighted by atomic mass is 16.4. The molecule has 0 bridgehead atoms. The fourth-order valence-corrected chi connectivity index (χ4v) is 3.03. The topological polar surface area (TPSA) is 72.9 Å². The summed E-state index contributed by atoms with van der Waals surface area (Å²) in [7, 11) is 4.09. The largest absolute Gasteiger partial charge is 0.481 e. The molecule has 1 saturated carbocycles. The third kappa shape index (κ3) is 2.61. The van der Waals surface area contributed by atoms with E-state index >= 15 is 0 Å². The van der Waals surface area contributed by atoms with E-state index in [1.165, 1.54) is 6.42 Å². The van der Waals surface area contributed by atoms with Gasteiger partial charge < -0.3 is 20.2 Å². The summed E-state index contributed by atoms with van der Waals surface area (Å²) in [6.45, 7) is 3.15. The number of nitrogens with one attached hydrogen (secondary N) is 1. The highest BCUT2D eigenvalue weighted by Gasteiger charge is 2.43. The molecule has 20 heavy (non-hydrogen) atoms. The number of carbonyl (C=O) groups is 2. The molecule has 6 nitrogen and oxygen atoms in total. The lowest BCUT2D eigenvalue weighted by Crippen LogP contribution is -2.58. The molecule has 0 aromatic carbocycles. The van der Waals surface area contributed by atoms with Gasteiger partial charge in [0.25, 0.3) is 0 Å². The molecule has 0 aromatic rings. The number of nitrogens with zero attached hydrogens (tertiary/aromatic N) is 2. The Balaban J connectivity index is 1.86. The van der Waals surface area contributed by atoms with E-state index in [0.29, 0.717) is 26.1 Å². The quantitative estimate of drug-likeness (QED) is 0.806. The highest BCUT2D eigenvalue weighted by molar-refractivity contribution is 5.79. The van der Waals surface area contributed by atoms with Crippen molar-refractivity contribution < 1.29 is 14.7 Å². The van der Waals surface area contributed by atoms with E-state index in [9.17, 15) is 14.7 Å². The lowest BCUT2D eigenvalue weighted by Gasteiger charge is -2.47. The van der Waals surface area contributed by atoms with E-state index in [4.69, 9.17) is 0 Å². The maximum atomic E-state index is 12.2. The molecule has 2 aliphatic rings. The molecule has 2 N–H and O–H groups in total. The van der Waals surface area contributed by atoms with Crippen molar-refractivity contribution in [2.75, 3.05) is 33.7 Å². The van der Waals surface area contributed by atoms with Crippen LogP contribution in [-0.4, -0.2) is 66.2 Å². The molecule has 0 aromatic heterocycles. The number of carbonyl (C=O) groups excluding carboxylic acids is 1. The number of likely N-dealkylation sites (tertiary alicyclic amines) is 1. The summed E-state index contributed by atoms with van der Waals surface area (Å²) in [6, 6.07) is -0.136. The standard InChI is InChI=1S/C14H25N3O3/c1-13(11(18)19)7-8-17(10-13)12(20)15-9-14(16(2)3)5-4-6-14/h4-10H2,1-3H3,(H,15,20)(H,18,19). The van der Waals surface area contributed by atoms with Crippen molar-refractivity contribution in [2.24, 2.45) is 5.41 Å². The van der Waals surface area contributed by atoms with Crippen molar-refractivity contribution in [3.8, 4) is 0 Å². The summed E-state index contributed by atoms with van der Waals surface area (Å²) >= 11 is 0. The smallest absolute Gasteiger partial charge is 0.317 e. The monoisotopic (exact) mass is 283 g/mol. The van der Waals surface area contributed by atoms with Crippen LogP contribution in [0.5, 0.6) is 0 Å². The SMILES string of the molecule is CN(C)C1(CNC(=O)N2CCC(C)(C(=O)O)C2)CCC1. The van der Waals surface area contributed by atoms with Crippen molar-refractivity contribution in [3.05, 3.63) is 0 Å². The fourth-order valence-electron chi connectivity index (χ4n) is 3.03. The first kappa shape index (κ1) is 15.1. The van der Waals surface area contributed by atoms with Crippen molar-refractivity contribution >= 4 is 12.0 Å². The summed E-state index contributed by atoms with van der Waals surface area (Å²) in [4.78, 5) is 27.2. The molecule has 114 valence electrons. The fraction of sp³-hybridized carbons (Fsp3) is 0.857. The Bertz CT molecular complexity index is 406. The normalized spacial score (nSPS) is 28.3.